The fourth-order valence-electron chi connectivity index (χ4n) is 2.93. The molecule has 1 N–H and O–H groups in total. The fourth-order valence-corrected chi connectivity index (χ4v) is 4.02. The first-order valence-corrected chi connectivity index (χ1v) is 7.99. The molecule has 2 heterocycles. The average Bonchev–Trinajstić information content (AvgIpc) is 2.96. The van der Waals surface area contributed by atoms with Crippen LogP contribution in [-0.4, -0.2) is 29.3 Å². The standard InChI is InChI=1S/C16H16FNO3S/c17-13-4-2-1-3-12(13)16(5-7-21-8-6-16)15-18-11(10-22-15)9-14(19)20/h1-4,10H,5-9H2,(H,19,20). The highest BCUT2D eigenvalue weighted by molar-refractivity contribution is 7.09. The summed E-state index contributed by atoms with van der Waals surface area (Å²) >= 11 is 1.40. The Morgan fingerprint density at radius 2 is 2.09 bits per heavy atom. The maximum absolute atomic E-state index is 14.4. The highest BCUT2D eigenvalue weighted by Gasteiger charge is 2.40. The lowest BCUT2D eigenvalue weighted by atomic mass is 9.74. The van der Waals surface area contributed by atoms with Gasteiger partial charge in [0, 0.05) is 24.2 Å². The number of aromatic nitrogens is 1. The van der Waals surface area contributed by atoms with Crippen molar-refractivity contribution in [1.29, 1.82) is 0 Å². The minimum Gasteiger partial charge on any atom is -0.481 e. The van der Waals surface area contributed by atoms with Crippen molar-refractivity contribution >= 4 is 17.3 Å². The zero-order valence-corrected chi connectivity index (χ0v) is 12.7. The molecule has 0 radical (unpaired) electrons. The molecule has 1 aliphatic heterocycles. The number of ether oxygens (including phenoxy) is 1. The minimum atomic E-state index is -0.913. The monoisotopic (exact) mass is 321 g/mol. The zero-order chi connectivity index (χ0) is 15.6. The Labute approximate surface area is 131 Å². The number of hydrogen-bond donors (Lipinski definition) is 1. The SMILES string of the molecule is O=C(O)Cc1csc(C2(c3ccccc3F)CCOCC2)n1. The summed E-state index contributed by atoms with van der Waals surface area (Å²) in [6.45, 7) is 1.09. The Kier molecular flexibility index (Phi) is 4.22. The molecular formula is C16H16FNO3S. The maximum Gasteiger partial charge on any atom is 0.309 e. The second-order valence-electron chi connectivity index (χ2n) is 5.39. The van der Waals surface area contributed by atoms with E-state index in [-0.39, 0.29) is 12.2 Å². The number of carboxylic acids is 1. The van der Waals surface area contributed by atoms with Crippen LogP contribution in [0.3, 0.4) is 0 Å². The zero-order valence-electron chi connectivity index (χ0n) is 11.9. The minimum absolute atomic E-state index is 0.111. The van der Waals surface area contributed by atoms with Gasteiger partial charge in [-0.05, 0) is 18.9 Å². The number of rotatable bonds is 4. The summed E-state index contributed by atoms with van der Waals surface area (Å²) in [5.41, 5.74) is 0.620. The molecule has 1 aliphatic rings. The summed E-state index contributed by atoms with van der Waals surface area (Å²) in [7, 11) is 0. The molecule has 3 rings (SSSR count). The van der Waals surface area contributed by atoms with Crippen molar-refractivity contribution in [2.45, 2.75) is 24.7 Å². The molecule has 0 spiro atoms. The van der Waals surface area contributed by atoms with Gasteiger partial charge in [-0.2, -0.15) is 0 Å². The topological polar surface area (TPSA) is 59.4 Å². The van der Waals surface area contributed by atoms with Crippen LogP contribution in [0.2, 0.25) is 0 Å². The van der Waals surface area contributed by atoms with Gasteiger partial charge in [-0.3, -0.25) is 4.79 Å². The van der Waals surface area contributed by atoms with Gasteiger partial charge in [0.25, 0.3) is 0 Å². The van der Waals surface area contributed by atoms with Gasteiger partial charge in [0.2, 0.25) is 0 Å². The van der Waals surface area contributed by atoms with Crippen molar-refractivity contribution in [2.24, 2.45) is 0 Å². The highest BCUT2D eigenvalue weighted by Crippen LogP contribution is 2.43. The number of carbonyl (C=O) groups is 1. The van der Waals surface area contributed by atoms with E-state index in [1.165, 1.54) is 17.4 Å². The van der Waals surface area contributed by atoms with Gasteiger partial charge in [-0.15, -0.1) is 11.3 Å². The first-order chi connectivity index (χ1) is 10.6. The van der Waals surface area contributed by atoms with Gasteiger partial charge in [-0.1, -0.05) is 18.2 Å². The summed E-state index contributed by atoms with van der Waals surface area (Å²) in [4.78, 5) is 15.3. The molecule has 2 aromatic rings. The number of halogens is 1. The van der Waals surface area contributed by atoms with E-state index >= 15 is 0 Å². The molecule has 0 saturated carbocycles. The first-order valence-electron chi connectivity index (χ1n) is 7.11. The van der Waals surface area contributed by atoms with Crippen LogP contribution in [0, 0.1) is 5.82 Å². The predicted octanol–water partition coefficient (Wildman–Crippen LogP) is 3.01. The molecule has 1 aromatic carbocycles. The number of thiazole rings is 1. The van der Waals surface area contributed by atoms with Crippen molar-refractivity contribution in [1.82, 2.24) is 4.98 Å². The Balaban J connectivity index is 2.05. The normalized spacial score (nSPS) is 17.3. The lowest BCUT2D eigenvalue weighted by Gasteiger charge is -2.36. The second-order valence-corrected chi connectivity index (χ2v) is 6.25. The Morgan fingerprint density at radius 3 is 2.77 bits per heavy atom. The third kappa shape index (κ3) is 2.76. The fraction of sp³-hybridized carbons (Fsp3) is 0.375. The summed E-state index contributed by atoms with van der Waals surface area (Å²) < 4.78 is 19.8. The van der Waals surface area contributed by atoms with E-state index < -0.39 is 11.4 Å². The predicted molar refractivity (Wildman–Crippen MR) is 80.7 cm³/mol. The molecule has 1 saturated heterocycles. The number of nitrogens with zero attached hydrogens (tertiary/aromatic N) is 1. The van der Waals surface area contributed by atoms with E-state index in [1.54, 1.807) is 17.5 Å². The van der Waals surface area contributed by atoms with Crippen LogP contribution in [0.5, 0.6) is 0 Å². The molecule has 6 heteroatoms. The molecule has 1 fully saturated rings. The number of aliphatic carboxylic acids is 1. The third-order valence-corrected chi connectivity index (χ3v) is 5.12. The molecule has 4 nitrogen and oxygen atoms in total. The van der Waals surface area contributed by atoms with E-state index in [0.29, 0.717) is 37.3 Å². The van der Waals surface area contributed by atoms with Crippen LogP contribution in [0.25, 0.3) is 0 Å². The van der Waals surface area contributed by atoms with Gasteiger partial charge in [0.05, 0.1) is 17.5 Å². The van der Waals surface area contributed by atoms with E-state index in [9.17, 15) is 9.18 Å². The smallest absolute Gasteiger partial charge is 0.309 e. The number of carboxylic acid groups (broad SMARTS) is 1. The number of hydrogen-bond acceptors (Lipinski definition) is 4. The quantitative estimate of drug-likeness (QED) is 0.940. The lowest BCUT2D eigenvalue weighted by molar-refractivity contribution is -0.136. The first kappa shape index (κ1) is 15.1. The van der Waals surface area contributed by atoms with E-state index in [2.05, 4.69) is 4.98 Å². The summed E-state index contributed by atoms with van der Waals surface area (Å²) in [5.74, 6) is -1.16. The molecule has 1 aromatic heterocycles. The third-order valence-electron chi connectivity index (χ3n) is 4.03. The molecule has 22 heavy (non-hydrogen) atoms. The molecule has 0 aliphatic carbocycles. The van der Waals surface area contributed by atoms with E-state index in [0.717, 1.165) is 5.01 Å². The highest BCUT2D eigenvalue weighted by atomic mass is 32.1. The average molecular weight is 321 g/mol. The molecule has 0 bridgehead atoms. The van der Waals surface area contributed by atoms with Crippen LogP contribution >= 0.6 is 11.3 Å². The van der Waals surface area contributed by atoms with Crippen molar-refractivity contribution in [3.05, 3.63) is 51.7 Å². The van der Waals surface area contributed by atoms with Gasteiger partial charge in [-0.25, -0.2) is 9.37 Å². The molecule has 0 unspecified atom stereocenters. The summed E-state index contributed by atoms with van der Waals surface area (Å²) in [6.07, 6.45) is 1.18. The van der Waals surface area contributed by atoms with Crippen LogP contribution < -0.4 is 0 Å². The largest absolute Gasteiger partial charge is 0.481 e. The van der Waals surface area contributed by atoms with Crippen molar-refractivity contribution < 1.29 is 19.0 Å². The van der Waals surface area contributed by atoms with Crippen LogP contribution in [0.4, 0.5) is 4.39 Å². The van der Waals surface area contributed by atoms with Gasteiger partial charge >= 0.3 is 5.97 Å². The van der Waals surface area contributed by atoms with Gasteiger partial charge in [0.15, 0.2) is 0 Å². The van der Waals surface area contributed by atoms with E-state index in [1.807, 2.05) is 6.07 Å². The summed E-state index contributed by atoms with van der Waals surface area (Å²) in [6, 6.07) is 6.74. The Bertz CT molecular complexity index is 680. The maximum atomic E-state index is 14.4. The molecule has 116 valence electrons. The molecule has 0 atom stereocenters. The van der Waals surface area contributed by atoms with Crippen LogP contribution in [0.15, 0.2) is 29.6 Å². The second kappa shape index (κ2) is 6.14. The molecule has 0 amide bonds. The van der Waals surface area contributed by atoms with Crippen LogP contribution in [-0.2, 0) is 21.4 Å². The summed E-state index contributed by atoms with van der Waals surface area (Å²) in [5, 5.41) is 11.4. The van der Waals surface area contributed by atoms with E-state index in [4.69, 9.17) is 9.84 Å². The van der Waals surface area contributed by atoms with Gasteiger partial charge in [0.1, 0.15) is 10.8 Å². The molecular weight excluding hydrogens is 305 g/mol. The Hall–Kier alpha value is -1.79. The van der Waals surface area contributed by atoms with Crippen molar-refractivity contribution in [3.8, 4) is 0 Å². The van der Waals surface area contributed by atoms with Crippen molar-refractivity contribution in [2.75, 3.05) is 13.2 Å². The van der Waals surface area contributed by atoms with Gasteiger partial charge < -0.3 is 9.84 Å². The lowest BCUT2D eigenvalue weighted by Crippen LogP contribution is -2.35. The van der Waals surface area contributed by atoms with Crippen molar-refractivity contribution in [3.63, 3.8) is 0 Å². The van der Waals surface area contributed by atoms with Crippen LogP contribution in [0.1, 0.15) is 29.1 Å². The Morgan fingerprint density at radius 1 is 1.36 bits per heavy atom. The number of benzene rings is 1.